The molecule has 2 heteroatoms. The Morgan fingerprint density at radius 2 is 1.52 bits per heavy atom. The summed E-state index contributed by atoms with van der Waals surface area (Å²) in [6.45, 7) is 0. The van der Waals surface area contributed by atoms with Gasteiger partial charge in [-0.3, -0.25) is 4.79 Å². The van der Waals surface area contributed by atoms with Crippen molar-refractivity contribution in [1.82, 2.24) is 5.32 Å². The van der Waals surface area contributed by atoms with Crippen LogP contribution < -0.4 is 5.32 Å². The van der Waals surface area contributed by atoms with Crippen LogP contribution in [0.1, 0.15) is 53.1 Å². The maximum absolute atomic E-state index is 12.3. The number of hydrogen-bond donors (Lipinski definition) is 1. The van der Waals surface area contributed by atoms with E-state index in [2.05, 4.69) is 41.7 Å². The van der Waals surface area contributed by atoms with Crippen LogP contribution in [0, 0.1) is 5.92 Å². The molecule has 118 valence electrons. The molecule has 2 aliphatic rings. The van der Waals surface area contributed by atoms with Crippen LogP contribution in [0.4, 0.5) is 0 Å². The lowest BCUT2D eigenvalue weighted by Gasteiger charge is -2.37. The molecule has 1 aliphatic heterocycles. The summed E-state index contributed by atoms with van der Waals surface area (Å²) in [4.78, 5) is 12.3. The number of amides is 1. The second kappa shape index (κ2) is 6.19. The molecule has 2 aromatic carbocycles. The molecule has 1 saturated carbocycles. The highest BCUT2D eigenvalue weighted by molar-refractivity contribution is 5.97. The van der Waals surface area contributed by atoms with Gasteiger partial charge in [-0.2, -0.15) is 0 Å². The lowest BCUT2D eigenvalue weighted by molar-refractivity contribution is 0.0895. The number of hydrogen-bond acceptors (Lipinski definition) is 1. The van der Waals surface area contributed by atoms with Crippen LogP contribution in [-0.4, -0.2) is 11.9 Å². The van der Waals surface area contributed by atoms with Crippen molar-refractivity contribution in [2.24, 2.45) is 5.92 Å². The van der Waals surface area contributed by atoms with Gasteiger partial charge in [0, 0.05) is 11.6 Å². The number of carbonyl (C=O) groups is 1. The van der Waals surface area contributed by atoms with Crippen molar-refractivity contribution in [3.63, 3.8) is 0 Å². The van der Waals surface area contributed by atoms with E-state index in [-0.39, 0.29) is 5.91 Å². The third-order valence-electron chi connectivity index (χ3n) is 5.63. The summed E-state index contributed by atoms with van der Waals surface area (Å²) in [5.74, 6) is 1.42. The van der Waals surface area contributed by atoms with Crippen LogP contribution >= 0.6 is 0 Å². The molecule has 1 heterocycles. The molecule has 1 aliphatic carbocycles. The third-order valence-corrected chi connectivity index (χ3v) is 5.63. The van der Waals surface area contributed by atoms with E-state index in [1.54, 1.807) is 0 Å². The Labute approximate surface area is 137 Å². The molecule has 4 rings (SSSR count). The molecule has 1 unspecified atom stereocenters. The van der Waals surface area contributed by atoms with Gasteiger partial charge in [-0.15, -0.1) is 0 Å². The minimum absolute atomic E-state index is 0.113. The molecule has 0 bridgehead atoms. The van der Waals surface area contributed by atoms with Crippen LogP contribution in [0.25, 0.3) is 0 Å². The van der Waals surface area contributed by atoms with Gasteiger partial charge in [0.2, 0.25) is 0 Å². The first-order chi connectivity index (χ1) is 11.3. The fourth-order valence-corrected chi connectivity index (χ4v) is 4.32. The number of fused-ring (bicyclic) bond motifs is 1. The Kier molecular flexibility index (Phi) is 3.90. The Morgan fingerprint density at radius 3 is 2.30 bits per heavy atom. The van der Waals surface area contributed by atoms with E-state index in [0.29, 0.717) is 17.9 Å². The minimum atomic E-state index is 0.113. The third kappa shape index (κ3) is 2.90. The average molecular weight is 305 g/mol. The Morgan fingerprint density at radius 1 is 0.826 bits per heavy atom. The number of rotatable bonds is 2. The minimum Gasteiger partial charge on any atom is -0.349 e. The summed E-state index contributed by atoms with van der Waals surface area (Å²) in [5.41, 5.74) is 3.55. The van der Waals surface area contributed by atoms with E-state index in [1.807, 2.05) is 18.2 Å². The van der Waals surface area contributed by atoms with Crippen molar-refractivity contribution in [2.75, 3.05) is 0 Å². The highest BCUT2D eigenvalue weighted by atomic mass is 16.1. The lowest BCUT2D eigenvalue weighted by Crippen LogP contribution is -2.46. The zero-order valence-corrected chi connectivity index (χ0v) is 13.4. The van der Waals surface area contributed by atoms with E-state index in [0.717, 1.165) is 12.0 Å². The van der Waals surface area contributed by atoms with Gasteiger partial charge in [0.25, 0.3) is 5.91 Å². The summed E-state index contributed by atoms with van der Waals surface area (Å²) >= 11 is 0. The highest BCUT2D eigenvalue weighted by Gasteiger charge is 2.32. The quantitative estimate of drug-likeness (QED) is 0.880. The summed E-state index contributed by atoms with van der Waals surface area (Å²) in [6.07, 6.45) is 5.90. The summed E-state index contributed by atoms with van der Waals surface area (Å²) < 4.78 is 0. The van der Waals surface area contributed by atoms with E-state index in [1.165, 1.54) is 36.8 Å². The molecule has 0 radical (unpaired) electrons. The normalized spacial score (nSPS) is 27.1. The van der Waals surface area contributed by atoms with Crippen molar-refractivity contribution >= 4 is 5.91 Å². The molecule has 1 fully saturated rings. The van der Waals surface area contributed by atoms with E-state index in [4.69, 9.17) is 0 Å². The molecular weight excluding hydrogens is 282 g/mol. The summed E-state index contributed by atoms with van der Waals surface area (Å²) in [7, 11) is 0. The Hall–Kier alpha value is -2.09. The molecule has 1 amide bonds. The van der Waals surface area contributed by atoms with Gasteiger partial charge in [0.05, 0.1) is 0 Å². The van der Waals surface area contributed by atoms with Crippen molar-refractivity contribution in [2.45, 2.75) is 44.1 Å². The summed E-state index contributed by atoms with van der Waals surface area (Å²) in [5, 5.41) is 3.26. The van der Waals surface area contributed by atoms with Gasteiger partial charge in [-0.1, -0.05) is 48.5 Å². The van der Waals surface area contributed by atoms with Crippen LogP contribution in [0.3, 0.4) is 0 Å². The van der Waals surface area contributed by atoms with Crippen LogP contribution in [0.15, 0.2) is 54.6 Å². The molecule has 0 saturated heterocycles. The summed E-state index contributed by atoms with van der Waals surface area (Å²) in [6, 6.07) is 19.2. The number of benzene rings is 2. The number of carbonyl (C=O) groups excluding carboxylic acids is 1. The monoisotopic (exact) mass is 305 g/mol. The van der Waals surface area contributed by atoms with E-state index < -0.39 is 0 Å². The highest BCUT2D eigenvalue weighted by Crippen LogP contribution is 2.38. The van der Waals surface area contributed by atoms with Crippen molar-refractivity contribution < 1.29 is 4.79 Å². The van der Waals surface area contributed by atoms with Gasteiger partial charge in [-0.25, -0.2) is 0 Å². The van der Waals surface area contributed by atoms with E-state index in [9.17, 15) is 4.79 Å². The molecule has 1 atom stereocenters. The molecular formula is C21H23NO. The lowest BCUT2D eigenvalue weighted by atomic mass is 9.74. The molecule has 0 spiro atoms. The van der Waals surface area contributed by atoms with Crippen LogP contribution in [0.2, 0.25) is 0 Å². The predicted octanol–water partition coefficient (Wildman–Crippen LogP) is 4.32. The maximum Gasteiger partial charge on any atom is 0.251 e. The fraction of sp³-hybridized carbons (Fsp3) is 0.381. The molecule has 0 aromatic heterocycles. The standard InChI is InChI=1S/C21H23NO/c23-21-19-9-5-4-8-18(19)14-20(22-21)17-12-10-16(11-13-17)15-6-2-1-3-7-15/h1-9,16-17,20H,10-14H2,(H,22,23). The average Bonchev–Trinajstić information content (AvgIpc) is 2.63. The fourth-order valence-electron chi connectivity index (χ4n) is 4.32. The first-order valence-corrected chi connectivity index (χ1v) is 8.75. The zero-order valence-electron chi connectivity index (χ0n) is 13.4. The van der Waals surface area contributed by atoms with Crippen LogP contribution in [-0.2, 0) is 6.42 Å². The predicted molar refractivity (Wildman–Crippen MR) is 92.5 cm³/mol. The zero-order chi connectivity index (χ0) is 15.6. The molecule has 23 heavy (non-hydrogen) atoms. The number of nitrogens with one attached hydrogen (secondary N) is 1. The van der Waals surface area contributed by atoms with E-state index >= 15 is 0 Å². The van der Waals surface area contributed by atoms with Gasteiger partial charge in [-0.05, 0) is 61.1 Å². The van der Waals surface area contributed by atoms with Crippen molar-refractivity contribution in [3.8, 4) is 0 Å². The van der Waals surface area contributed by atoms with Gasteiger partial charge in [0.15, 0.2) is 0 Å². The second-order valence-corrected chi connectivity index (χ2v) is 6.96. The molecule has 1 N–H and O–H groups in total. The smallest absolute Gasteiger partial charge is 0.251 e. The van der Waals surface area contributed by atoms with Crippen molar-refractivity contribution in [1.29, 1.82) is 0 Å². The van der Waals surface area contributed by atoms with Crippen LogP contribution in [0.5, 0.6) is 0 Å². The molecule has 2 nitrogen and oxygen atoms in total. The second-order valence-electron chi connectivity index (χ2n) is 6.96. The topological polar surface area (TPSA) is 29.1 Å². The Bertz CT molecular complexity index is 686. The van der Waals surface area contributed by atoms with Gasteiger partial charge < -0.3 is 5.32 Å². The Balaban J connectivity index is 1.43. The molecule has 2 aromatic rings. The largest absolute Gasteiger partial charge is 0.349 e. The maximum atomic E-state index is 12.3. The SMILES string of the molecule is O=C1NC(C2CCC(c3ccccc3)CC2)Cc2ccccc21. The van der Waals surface area contributed by atoms with Crippen molar-refractivity contribution in [3.05, 3.63) is 71.3 Å². The first-order valence-electron chi connectivity index (χ1n) is 8.75. The first kappa shape index (κ1) is 14.5. The van der Waals surface area contributed by atoms with Gasteiger partial charge in [0.1, 0.15) is 0 Å². The van der Waals surface area contributed by atoms with Gasteiger partial charge >= 0.3 is 0 Å².